The average molecular weight is 454 g/mol. The number of carbonyl (C=O) groups is 2. The standard InChI is InChI=1S/C26H35N3O4/c1-19-5-9-21(10-6-19)23(18-29-13-15-32-16-14-29)28-24(30)22-11-7-20(8-12-22)17-27-25(31)33-26(2,3)4/h5-12,23H,13-18H2,1-4H3,(H,27,31)(H,28,30). The van der Waals surface area contributed by atoms with Gasteiger partial charge in [0.05, 0.1) is 19.3 Å². The Balaban J connectivity index is 1.62. The van der Waals surface area contributed by atoms with E-state index in [1.165, 1.54) is 5.56 Å². The largest absolute Gasteiger partial charge is 0.444 e. The van der Waals surface area contributed by atoms with Crippen LogP contribution in [0.1, 0.15) is 53.9 Å². The summed E-state index contributed by atoms with van der Waals surface area (Å²) in [6.07, 6.45) is -0.464. The van der Waals surface area contributed by atoms with E-state index < -0.39 is 11.7 Å². The molecule has 0 radical (unpaired) electrons. The van der Waals surface area contributed by atoms with Gasteiger partial charge in [0, 0.05) is 31.7 Å². The van der Waals surface area contributed by atoms with Crippen LogP contribution in [-0.2, 0) is 16.0 Å². The molecule has 0 aromatic heterocycles. The minimum absolute atomic E-state index is 0.121. The number of aryl methyl sites for hydroxylation is 1. The molecule has 2 amide bonds. The van der Waals surface area contributed by atoms with Gasteiger partial charge in [-0.3, -0.25) is 9.69 Å². The van der Waals surface area contributed by atoms with Gasteiger partial charge >= 0.3 is 6.09 Å². The molecule has 0 spiro atoms. The van der Waals surface area contributed by atoms with Crippen LogP contribution in [-0.4, -0.2) is 55.3 Å². The van der Waals surface area contributed by atoms with Crippen molar-refractivity contribution in [3.05, 3.63) is 70.8 Å². The Hall–Kier alpha value is -2.90. The van der Waals surface area contributed by atoms with Crippen molar-refractivity contribution in [1.82, 2.24) is 15.5 Å². The van der Waals surface area contributed by atoms with Crippen molar-refractivity contribution in [3.8, 4) is 0 Å². The summed E-state index contributed by atoms with van der Waals surface area (Å²) >= 11 is 0. The maximum atomic E-state index is 13.0. The van der Waals surface area contributed by atoms with E-state index in [2.05, 4.69) is 46.7 Å². The number of morpholine rings is 1. The second kappa shape index (κ2) is 11.3. The highest BCUT2D eigenvalue weighted by Gasteiger charge is 2.21. The Kier molecular flexibility index (Phi) is 8.47. The summed E-state index contributed by atoms with van der Waals surface area (Å²) in [6.45, 7) is 11.7. The molecule has 1 atom stereocenters. The highest BCUT2D eigenvalue weighted by atomic mass is 16.6. The van der Waals surface area contributed by atoms with E-state index in [4.69, 9.17) is 9.47 Å². The van der Waals surface area contributed by atoms with Crippen LogP contribution in [0, 0.1) is 6.92 Å². The zero-order chi connectivity index (χ0) is 23.8. The fraction of sp³-hybridized carbons (Fsp3) is 0.462. The molecule has 1 heterocycles. The van der Waals surface area contributed by atoms with Crippen molar-refractivity contribution in [2.24, 2.45) is 0 Å². The number of nitrogens with zero attached hydrogens (tertiary/aromatic N) is 1. The summed E-state index contributed by atoms with van der Waals surface area (Å²) in [4.78, 5) is 27.2. The molecule has 2 aromatic carbocycles. The number of hydrogen-bond acceptors (Lipinski definition) is 5. The van der Waals surface area contributed by atoms with Crippen LogP contribution >= 0.6 is 0 Å². The lowest BCUT2D eigenvalue weighted by atomic mass is 10.0. The second-order valence-corrected chi connectivity index (χ2v) is 9.40. The third-order valence-corrected chi connectivity index (χ3v) is 5.38. The zero-order valence-electron chi connectivity index (χ0n) is 20.0. The summed E-state index contributed by atoms with van der Waals surface area (Å²) in [5, 5.41) is 5.93. The number of hydrogen-bond donors (Lipinski definition) is 2. The van der Waals surface area contributed by atoms with Crippen molar-refractivity contribution in [2.45, 2.75) is 45.9 Å². The number of carbonyl (C=O) groups excluding carboxylic acids is 2. The Morgan fingerprint density at radius 2 is 1.67 bits per heavy atom. The maximum absolute atomic E-state index is 13.0. The van der Waals surface area contributed by atoms with E-state index in [1.54, 1.807) is 12.1 Å². The lowest BCUT2D eigenvalue weighted by molar-refractivity contribution is 0.0332. The van der Waals surface area contributed by atoms with Gasteiger partial charge in [-0.25, -0.2) is 4.79 Å². The quantitative estimate of drug-likeness (QED) is 0.666. The number of benzene rings is 2. The molecule has 1 unspecified atom stereocenters. The Morgan fingerprint density at radius 1 is 1.03 bits per heavy atom. The number of alkyl carbamates (subject to hydrolysis) is 1. The van der Waals surface area contributed by atoms with Gasteiger partial charge in [0.2, 0.25) is 0 Å². The molecule has 7 heteroatoms. The van der Waals surface area contributed by atoms with Crippen LogP contribution < -0.4 is 10.6 Å². The highest BCUT2D eigenvalue weighted by Crippen LogP contribution is 2.18. The van der Waals surface area contributed by atoms with E-state index in [-0.39, 0.29) is 11.9 Å². The van der Waals surface area contributed by atoms with Crippen LogP contribution in [0.5, 0.6) is 0 Å². The third-order valence-electron chi connectivity index (χ3n) is 5.38. The van der Waals surface area contributed by atoms with Crippen LogP contribution in [0.25, 0.3) is 0 Å². The second-order valence-electron chi connectivity index (χ2n) is 9.40. The van der Waals surface area contributed by atoms with Crippen molar-refractivity contribution < 1.29 is 19.1 Å². The van der Waals surface area contributed by atoms with Gasteiger partial charge in [0.15, 0.2) is 0 Å². The van der Waals surface area contributed by atoms with Crippen LogP contribution in [0.3, 0.4) is 0 Å². The molecule has 1 aliphatic rings. The molecule has 33 heavy (non-hydrogen) atoms. The van der Waals surface area contributed by atoms with Gasteiger partial charge in [-0.2, -0.15) is 0 Å². The lowest BCUT2D eigenvalue weighted by Gasteiger charge is -2.31. The predicted octanol–water partition coefficient (Wildman–Crippen LogP) is 3.82. The van der Waals surface area contributed by atoms with Crippen molar-refractivity contribution >= 4 is 12.0 Å². The Morgan fingerprint density at radius 3 is 2.27 bits per heavy atom. The fourth-order valence-electron chi connectivity index (χ4n) is 3.58. The smallest absolute Gasteiger partial charge is 0.407 e. The molecule has 1 fully saturated rings. The first-order valence-electron chi connectivity index (χ1n) is 11.4. The minimum atomic E-state index is -0.540. The van der Waals surface area contributed by atoms with E-state index >= 15 is 0 Å². The molecule has 2 aromatic rings. The number of amides is 2. The van der Waals surface area contributed by atoms with Gasteiger partial charge in [0.25, 0.3) is 5.91 Å². The first-order valence-corrected chi connectivity index (χ1v) is 11.4. The Labute approximate surface area is 196 Å². The van der Waals surface area contributed by atoms with Crippen LogP contribution in [0.4, 0.5) is 4.79 Å². The van der Waals surface area contributed by atoms with Gasteiger partial charge in [-0.15, -0.1) is 0 Å². The lowest BCUT2D eigenvalue weighted by Crippen LogP contribution is -2.43. The normalized spacial score (nSPS) is 15.5. The molecule has 2 N–H and O–H groups in total. The van der Waals surface area contributed by atoms with Gasteiger partial charge in [0.1, 0.15) is 5.60 Å². The molecular formula is C26H35N3O4. The maximum Gasteiger partial charge on any atom is 0.407 e. The molecule has 1 saturated heterocycles. The molecule has 178 valence electrons. The fourth-order valence-corrected chi connectivity index (χ4v) is 3.58. The summed E-state index contributed by atoms with van der Waals surface area (Å²) < 4.78 is 10.7. The summed E-state index contributed by atoms with van der Waals surface area (Å²) in [5.41, 5.74) is 3.20. The first kappa shape index (κ1) is 24.7. The number of nitrogens with one attached hydrogen (secondary N) is 2. The predicted molar refractivity (Wildman–Crippen MR) is 128 cm³/mol. The zero-order valence-corrected chi connectivity index (χ0v) is 20.0. The third kappa shape index (κ3) is 8.18. The van der Waals surface area contributed by atoms with Crippen molar-refractivity contribution in [2.75, 3.05) is 32.8 Å². The van der Waals surface area contributed by atoms with E-state index in [0.717, 1.165) is 30.8 Å². The molecule has 3 rings (SSSR count). The minimum Gasteiger partial charge on any atom is -0.444 e. The first-order chi connectivity index (χ1) is 15.7. The van der Waals surface area contributed by atoms with Crippen LogP contribution in [0.15, 0.2) is 48.5 Å². The van der Waals surface area contributed by atoms with Gasteiger partial charge < -0.3 is 20.1 Å². The molecule has 7 nitrogen and oxygen atoms in total. The highest BCUT2D eigenvalue weighted by molar-refractivity contribution is 5.94. The summed E-state index contributed by atoms with van der Waals surface area (Å²) in [7, 11) is 0. The number of ether oxygens (including phenoxy) is 2. The van der Waals surface area contributed by atoms with E-state index in [1.807, 2.05) is 32.9 Å². The van der Waals surface area contributed by atoms with Crippen molar-refractivity contribution in [1.29, 1.82) is 0 Å². The SMILES string of the molecule is Cc1ccc(C(CN2CCOCC2)NC(=O)c2ccc(CNC(=O)OC(C)(C)C)cc2)cc1. The van der Waals surface area contributed by atoms with Gasteiger partial charge in [-0.1, -0.05) is 42.0 Å². The van der Waals surface area contributed by atoms with E-state index in [9.17, 15) is 9.59 Å². The van der Waals surface area contributed by atoms with Crippen molar-refractivity contribution in [3.63, 3.8) is 0 Å². The molecule has 0 saturated carbocycles. The monoisotopic (exact) mass is 453 g/mol. The number of rotatable bonds is 7. The summed E-state index contributed by atoms with van der Waals surface area (Å²) in [6, 6.07) is 15.4. The Bertz CT molecular complexity index is 914. The summed E-state index contributed by atoms with van der Waals surface area (Å²) in [5.74, 6) is -0.125. The van der Waals surface area contributed by atoms with Crippen LogP contribution in [0.2, 0.25) is 0 Å². The molecule has 1 aliphatic heterocycles. The van der Waals surface area contributed by atoms with Gasteiger partial charge in [-0.05, 0) is 51.0 Å². The average Bonchev–Trinajstić information content (AvgIpc) is 2.78. The molecule has 0 bridgehead atoms. The van der Waals surface area contributed by atoms with E-state index in [0.29, 0.717) is 25.3 Å². The topological polar surface area (TPSA) is 79.9 Å². The molecule has 0 aliphatic carbocycles. The molecular weight excluding hydrogens is 418 g/mol.